The van der Waals surface area contributed by atoms with Crippen molar-refractivity contribution < 1.29 is 0 Å². The maximum Gasteiger partial charge on any atom is 0.0110 e. The number of rotatable bonds is 5. The highest BCUT2D eigenvalue weighted by atomic mass is 32.2. The minimum Gasteiger partial charge on any atom is -0.161 e. The fourth-order valence-corrected chi connectivity index (χ4v) is 0.988. The number of hydrogen-bond donors (Lipinski definition) is 0. The van der Waals surface area contributed by atoms with Gasteiger partial charge in [0.25, 0.3) is 0 Å². The molecular formula is C9H18S. The van der Waals surface area contributed by atoms with Crippen LogP contribution in [0.3, 0.4) is 0 Å². The van der Waals surface area contributed by atoms with Crippen molar-refractivity contribution in [2.45, 2.75) is 26.7 Å². The predicted octanol–water partition coefficient (Wildman–Crippen LogP) is 3.34. The van der Waals surface area contributed by atoms with Gasteiger partial charge in [-0.3, -0.25) is 0 Å². The van der Waals surface area contributed by atoms with Crippen LogP contribution in [0.2, 0.25) is 0 Å². The van der Waals surface area contributed by atoms with Gasteiger partial charge in [0.1, 0.15) is 0 Å². The molecule has 60 valence electrons. The van der Waals surface area contributed by atoms with Crippen LogP contribution in [0.15, 0.2) is 12.2 Å². The van der Waals surface area contributed by atoms with Gasteiger partial charge in [0.15, 0.2) is 0 Å². The third-order valence-electron chi connectivity index (χ3n) is 1.66. The second-order valence-corrected chi connectivity index (χ2v) is 3.59. The van der Waals surface area contributed by atoms with Gasteiger partial charge in [-0.05, 0) is 18.6 Å². The summed E-state index contributed by atoms with van der Waals surface area (Å²) in [5.74, 6) is 2.02. The van der Waals surface area contributed by atoms with E-state index in [2.05, 4.69) is 32.3 Å². The quantitative estimate of drug-likeness (QED) is 0.553. The van der Waals surface area contributed by atoms with Crippen molar-refractivity contribution >= 4 is 11.8 Å². The zero-order valence-electron chi connectivity index (χ0n) is 7.26. The number of thioether (sulfide) groups is 1. The van der Waals surface area contributed by atoms with E-state index in [0.717, 1.165) is 11.7 Å². The van der Waals surface area contributed by atoms with Gasteiger partial charge in [-0.1, -0.05) is 32.4 Å². The van der Waals surface area contributed by atoms with E-state index < -0.39 is 0 Å². The van der Waals surface area contributed by atoms with E-state index in [1.54, 1.807) is 0 Å². The van der Waals surface area contributed by atoms with E-state index in [1.807, 2.05) is 11.8 Å². The molecule has 0 heterocycles. The molecule has 1 unspecified atom stereocenters. The molecule has 0 bridgehead atoms. The molecular weight excluding hydrogens is 140 g/mol. The van der Waals surface area contributed by atoms with Crippen molar-refractivity contribution in [3.63, 3.8) is 0 Å². The average Bonchev–Trinajstić information content (AvgIpc) is 1.98. The molecule has 0 aromatic rings. The Hall–Kier alpha value is 0.0900. The van der Waals surface area contributed by atoms with Crippen LogP contribution in [0, 0.1) is 5.92 Å². The average molecular weight is 158 g/mol. The molecule has 0 aromatic carbocycles. The van der Waals surface area contributed by atoms with Crippen LogP contribution in [0.25, 0.3) is 0 Å². The standard InChI is InChI=1S/C9H18S/c1-4-9(2)7-5-6-8-10-3/h5-6,9H,4,7-8H2,1-3H3. The number of allylic oxidation sites excluding steroid dienone is 1. The van der Waals surface area contributed by atoms with Crippen molar-refractivity contribution in [3.8, 4) is 0 Å². The maximum absolute atomic E-state index is 2.30. The smallest absolute Gasteiger partial charge is 0.0110 e. The molecule has 0 aromatic heterocycles. The van der Waals surface area contributed by atoms with Gasteiger partial charge in [-0.15, -0.1) is 0 Å². The van der Waals surface area contributed by atoms with Crippen molar-refractivity contribution in [2.24, 2.45) is 5.92 Å². The van der Waals surface area contributed by atoms with Crippen molar-refractivity contribution in [3.05, 3.63) is 12.2 Å². The highest BCUT2D eigenvalue weighted by molar-refractivity contribution is 7.98. The first-order chi connectivity index (χ1) is 4.81. The monoisotopic (exact) mass is 158 g/mol. The van der Waals surface area contributed by atoms with Crippen LogP contribution in [0.4, 0.5) is 0 Å². The summed E-state index contributed by atoms with van der Waals surface area (Å²) in [7, 11) is 0. The van der Waals surface area contributed by atoms with Crippen LogP contribution < -0.4 is 0 Å². The van der Waals surface area contributed by atoms with Gasteiger partial charge >= 0.3 is 0 Å². The van der Waals surface area contributed by atoms with E-state index >= 15 is 0 Å². The van der Waals surface area contributed by atoms with E-state index in [4.69, 9.17) is 0 Å². The Morgan fingerprint density at radius 1 is 1.40 bits per heavy atom. The summed E-state index contributed by atoms with van der Waals surface area (Å²) in [4.78, 5) is 0. The van der Waals surface area contributed by atoms with Gasteiger partial charge in [-0.25, -0.2) is 0 Å². The molecule has 0 amide bonds. The fourth-order valence-electron chi connectivity index (χ4n) is 0.659. The van der Waals surface area contributed by atoms with Crippen LogP contribution in [0.5, 0.6) is 0 Å². The maximum atomic E-state index is 2.30. The van der Waals surface area contributed by atoms with Gasteiger partial charge in [0.2, 0.25) is 0 Å². The van der Waals surface area contributed by atoms with Crippen LogP contribution in [0.1, 0.15) is 26.7 Å². The van der Waals surface area contributed by atoms with E-state index in [-0.39, 0.29) is 0 Å². The van der Waals surface area contributed by atoms with Crippen molar-refractivity contribution in [2.75, 3.05) is 12.0 Å². The lowest BCUT2D eigenvalue weighted by molar-refractivity contribution is 0.572. The van der Waals surface area contributed by atoms with Gasteiger partial charge in [0.05, 0.1) is 0 Å². The lowest BCUT2D eigenvalue weighted by Crippen LogP contribution is -1.87. The first-order valence-corrected chi connectivity index (χ1v) is 5.34. The summed E-state index contributed by atoms with van der Waals surface area (Å²) in [5, 5.41) is 0. The second kappa shape index (κ2) is 7.20. The molecule has 0 aliphatic carbocycles. The van der Waals surface area contributed by atoms with Crippen LogP contribution >= 0.6 is 11.8 Å². The molecule has 0 spiro atoms. The van der Waals surface area contributed by atoms with Crippen LogP contribution in [-0.2, 0) is 0 Å². The first-order valence-electron chi connectivity index (χ1n) is 3.95. The molecule has 0 nitrogen and oxygen atoms in total. The minimum absolute atomic E-state index is 0.859. The van der Waals surface area contributed by atoms with Crippen LogP contribution in [-0.4, -0.2) is 12.0 Å². The number of hydrogen-bond acceptors (Lipinski definition) is 1. The highest BCUT2D eigenvalue weighted by Gasteiger charge is 1.92. The fraction of sp³-hybridized carbons (Fsp3) is 0.778. The Morgan fingerprint density at radius 2 is 2.10 bits per heavy atom. The molecule has 0 aliphatic heterocycles. The topological polar surface area (TPSA) is 0 Å². The van der Waals surface area contributed by atoms with E-state index in [9.17, 15) is 0 Å². The largest absolute Gasteiger partial charge is 0.161 e. The zero-order chi connectivity index (χ0) is 7.82. The predicted molar refractivity (Wildman–Crippen MR) is 51.6 cm³/mol. The highest BCUT2D eigenvalue weighted by Crippen LogP contribution is 2.06. The lowest BCUT2D eigenvalue weighted by Gasteiger charge is -2.01. The summed E-state index contributed by atoms with van der Waals surface area (Å²) in [6.45, 7) is 4.54. The van der Waals surface area contributed by atoms with Gasteiger partial charge in [-0.2, -0.15) is 11.8 Å². The molecule has 0 N–H and O–H groups in total. The molecule has 0 radical (unpaired) electrons. The van der Waals surface area contributed by atoms with Gasteiger partial charge in [0, 0.05) is 5.75 Å². The van der Waals surface area contributed by atoms with E-state index in [1.165, 1.54) is 12.8 Å². The molecule has 0 fully saturated rings. The Balaban J connectivity index is 3.16. The third kappa shape index (κ3) is 6.21. The Bertz CT molecular complexity index is 86.7. The summed E-state index contributed by atoms with van der Waals surface area (Å²) < 4.78 is 0. The second-order valence-electron chi connectivity index (χ2n) is 2.68. The summed E-state index contributed by atoms with van der Waals surface area (Å²) in [6.07, 6.45) is 9.23. The van der Waals surface area contributed by atoms with Crippen molar-refractivity contribution in [1.82, 2.24) is 0 Å². The Kier molecular flexibility index (Phi) is 7.26. The first kappa shape index (κ1) is 10.1. The lowest BCUT2D eigenvalue weighted by atomic mass is 10.1. The summed E-state index contributed by atoms with van der Waals surface area (Å²) in [5.41, 5.74) is 0. The molecule has 0 saturated carbocycles. The normalized spacial score (nSPS) is 14.3. The third-order valence-corrected chi connectivity index (χ3v) is 2.19. The molecule has 10 heavy (non-hydrogen) atoms. The SMILES string of the molecule is CCC(C)CC=CCSC. The van der Waals surface area contributed by atoms with Crippen molar-refractivity contribution in [1.29, 1.82) is 0 Å². The molecule has 0 aliphatic rings. The molecule has 0 saturated heterocycles. The Morgan fingerprint density at radius 3 is 2.60 bits per heavy atom. The molecule has 0 rings (SSSR count). The molecule has 1 heteroatoms. The summed E-state index contributed by atoms with van der Waals surface area (Å²) >= 11 is 1.87. The minimum atomic E-state index is 0.859. The van der Waals surface area contributed by atoms with E-state index in [0.29, 0.717) is 0 Å². The zero-order valence-corrected chi connectivity index (χ0v) is 8.08. The summed E-state index contributed by atoms with van der Waals surface area (Å²) in [6, 6.07) is 0. The molecule has 1 atom stereocenters. The van der Waals surface area contributed by atoms with Gasteiger partial charge < -0.3 is 0 Å². The Labute approximate surface area is 69.1 Å².